The van der Waals surface area contributed by atoms with Crippen LogP contribution >= 0.6 is 0 Å². The van der Waals surface area contributed by atoms with Gasteiger partial charge < -0.3 is 18.9 Å². The van der Waals surface area contributed by atoms with Gasteiger partial charge in [0.05, 0.1) is 19.3 Å². The fourth-order valence-electron chi connectivity index (χ4n) is 2.71. The van der Waals surface area contributed by atoms with Gasteiger partial charge in [-0.2, -0.15) is 5.06 Å². The molecule has 0 radical (unpaired) electrons. The Labute approximate surface area is 129 Å². The maximum absolute atomic E-state index is 12.2. The van der Waals surface area contributed by atoms with Gasteiger partial charge >= 0.3 is 17.7 Å². The molecular weight excluding hydrogens is 294 g/mol. The molecule has 3 atom stereocenters. The lowest BCUT2D eigenvalue weighted by atomic mass is 10.0. The predicted molar refractivity (Wildman–Crippen MR) is 73.3 cm³/mol. The first-order valence-electron chi connectivity index (χ1n) is 7.29. The average Bonchev–Trinajstić information content (AvgIpc) is 2.90. The number of hydrogen-bond donors (Lipinski definition) is 0. The maximum atomic E-state index is 12.2. The van der Waals surface area contributed by atoms with Crippen LogP contribution in [0.1, 0.15) is 34.1 Å². The molecule has 0 N–H and O–H groups in total. The van der Waals surface area contributed by atoms with Gasteiger partial charge in [0.1, 0.15) is 6.10 Å². The zero-order chi connectivity index (χ0) is 16.5. The molecule has 8 heteroatoms. The molecule has 0 aliphatic carbocycles. The van der Waals surface area contributed by atoms with Crippen molar-refractivity contribution in [2.75, 3.05) is 20.3 Å². The number of likely N-dealkylation sites (N-methyl/N-ethyl adjacent to an activating group) is 1. The van der Waals surface area contributed by atoms with Gasteiger partial charge in [-0.3, -0.25) is 4.79 Å². The van der Waals surface area contributed by atoms with Crippen LogP contribution in [0.4, 0.5) is 0 Å². The molecule has 2 fully saturated rings. The molecule has 0 aromatic rings. The van der Waals surface area contributed by atoms with Gasteiger partial charge in [0.2, 0.25) is 0 Å². The highest BCUT2D eigenvalue weighted by atomic mass is 16.8. The van der Waals surface area contributed by atoms with E-state index in [1.165, 1.54) is 12.0 Å². The SMILES string of the molecule is CCOC(=O)[C@]1(OC(C)=O)C[C@@H]([C@H]2COC(C)(C)O2)N(C)O1. The Hall–Kier alpha value is -1.22. The molecule has 8 nitrogen and oxygen atoms in total. The fraction of sp³-hybridized carbons (Fsp3) is 0.857. The quantitative estimate of drug-likeness (QED) is 0.697. The minimum atomic E-state index is -1.77. The predicted octanol–water partition coefficient (Wildman–Crippen LogP) is 0.596. The van der Waals surface area contributed by atoms with E-state index < -0.39 is 23.5 Å². The van der Waals surface area contributed by atoms with E-state index in [0.29, 0.717) is 6.61 Å². The number of nitrogens with zero attached hydrogens (tertiary/aromatic N) is 1. The molecule has 2 rings (SSSR count). The normalized spacial score (nSPS) is 34.6. The number of esters is 2. The summed E-state index contributed by atoms with van der Waals surface area (Å²) in [6, 6.07) is -0.300. The van der Waals surface area contributed by atoms with Crippen LogP contribution in [-0.2, 0) is 33.4 Å². The lowest BCUT2D eigenvalue weighted by molar-refractivity contribution is -0.286. The average molecular weight is 317 g/mol. The summed E-state index contributed by atoms with van der Waals surface area (Å²) in [6.45, 7) is 7.04. The second-order valence-electron chi connectivity index (χ2n) is 5.84. The Morgan fingerprint density at radius 2 is 2.05 bits per heavy atom. The van der Waals surface area contributed by atoms with Crippen molar-refractivity contribution in [3.8, 4) is 0 Å². The van der Waals surface area contributed by atoms with Gasteiger partial charge in [-0.25, -0.2) is 9.63 Å². The minimum absolute atomic E-state index is 0.117. The molecule has 2 saturated heterocycles. The maximum Gasteiger partial charge on any atom is 0.381 e. The van der Waals surface area contributed by atoms with Crippen LogP contribution < -0.4 is 0 Å². The van der Waals surface area contributed by atoms with E-state index in [2.05, 4.69) is 0 Å². The Morgan fingerprint density at radius 1 is 1.36 bits per heavy atom. The van der Waals surface area contributed by atoms with Crippen LogP contribution in [0, 0.1) is 0 Å². The molecule has 0 aromatic heterocycles. The molecule has 0 aromatic carbocycles. The lowest BCUT2D eigenvalue weighted by Gasteiger charge is -2.24. The third-order valence-electron chi connectivity index (χ3n) is 3.59. The summed E-state index contributed by atoms with van der Waals surface area (Å²) in [5.74, 6) is -3.80. The Kier molecular flexibility index (Phi) is 4.76. The second kappa shape index (κ2) is 6.11. The van der Waals surface area contributed by atoms with E-state index >= 15 is 0 Å². The van der Waals surface area contributed by atoms with E-state index in [9.17, 15) is 9.59 Å². The van der Waals surface area contributed by atoms with Crippen molar-refractivity contribution >= 4 is 11.9 Å². The van der Waals surface area contributed by atoms with Gasteiger partial charge in [0.25, 0.3) is 0 Å². The molecule has 2 heterocycles. The summed E-state index contributed by atoms with van der Waals surface area (Å²) >= 11 is 0. The van der Waals surface area contributed by atoms with Crippen molar-refractivity contribution in [1.82, 2.24) is 5.06 Å². The molecule has 2 aliphatic rings. The number of hydrogen-bond acceptors (Lipinski definition) is 8. The third kappa shape index (κ3) is 3.40. The zero-order valence-electron chi connectivity index (χ0n) is 13.6. The van der Waals surface area contributed by atoms with Gasteiger partial charge in [-0.1, -0.05) is 0 Å². The lowest BCUT2D eigenvalue weighted by Crippen LogP contribution is -2.45. The number of rotatable bonds is 4. The highest BCUT2D eigenvalue weighted by Gasteiger charge is 2.58. The van der Waals surface area contributed by atoms with Crippen LogP contribution in [0.5, 0.6) is 0 Å². The Bertz CT molecular complexity index is 452. The summed E-state index contributed by atoms with van der Waals surface area (Å²) in [5.41, 5.74) is 0. The fourth-order valence-corrected chi connectivity index (χ4v) is 2.71. The van der Waals surface area contributed by atoms with Crippen LogP contribution in [0.2, 0.25) is 0 Å². The van der Waals surface area contributed by atoms with Crippen LogP contribution in [0.15, 0.2) is 0 Å². The van der Waals surface area contributed by atoms with Crippen molar-refractivity contribution < 1.29 is 33.4 Å². The molecule has 0 bridgehead atoms. The minimum Gasteiger partial charge on any atom is -0.461 e. The van der Waals surface area contributed by atoms with Crippen molar-refractivity contribution in [2.45, 2.75) is 57.8 Å². The third-order valence-corrected chi connectivity index (χ3v) is 3.59. The van der Waals surface area contributed by atoms with E-state index in [1.54, 1.807) is 14.0 Å². The number of hydroxylamine groups is 2. The molecule has 0 saturated carbocycles. The van der Waals surface area contributed by atoms with E-state index in [1.807, 2.05) is 13.8 Å². The second-order valence-corrected chi connectivity index (χ2v) is 5.84. The number of carbonyl (C=O) groups excluding carboxylic acids is 2. The Morgan fingerprint density at radius 3 is 2.55 bits per heavy atom. The first-order valence-corrected chi connectivity index (χ1v) is 7.29. The van der Waals surface area contributed by atoms with E-state index in [4.69, 9.17) is 23.8 Å². The van der Waals surface area contributed by atoms with Crippen molar-refractivity contribution in [1.29, 1.82) is 0 Å². The summed E-state index contributed by atoms with van der Waals surface area (Å²) in [4.78, 5) is 29.1. The van der Waals surface area contributed by atoms with Crippen molar-refractivity contribution in [3.05, 3.63) is 0 Å². The molecule has 2 aliphatic heterocycles. The summed E-state index contributed by atoms with van der Waals surface area (Å²) in [7, 11) is 1.66. The molecule has 126 valence electrons. The van der Waals surface area contributed by atoms with Crippen LogP contribution in [-0.4, -0.2) is 61.0 Å². The summed E-state index contributed by atoms with van der Waals surface area (Å²) < 4.78 is 21.5. The summed E-state index contributed by atoms with van der Waals surface area (Å²) in [6.07, 6.45) is -0.182. The van der Waals surface area contributed by atoms with Crippen molar-refractivity contribution in [3.63, 3.8) is 0 Å². The smallest absolute Gasteiger partial charge is 0.381 e. The molecule has 0 amide bonds. The monoisotopic (exact) mass is 317 g/mol. The van der Waals surface area contributed by atoms with Gasteiger partial charge in [0, 0.05) is 20.4 Å². The van der Waals surface area contributed by atoms with Gasteiger partial charge in [-0.15, -0.1) is 0 Å². The highest BCUT2D eigenvalue weighted by Crippen LogP contribution is 2.38. The topological polar surface area (TPSA) is 83.5 Å². The standard InChI is InChI=1S/C14H23NO7/c1-6-18-12(17)14(20-9(2)16)7-10(15(5)22-14)11-8-19-13(3,4)21-11/h10-11H,6-8H2,1-5H3/t10-,11+,14-/m0/s1. The first-order chi connectivity index (χ1) is 10.2. The first kappa shape index (κ1) is 17.1. The largest absolute Gasteiger partial charge is 0.461 e. The molecule has 22 heavy (non-hydrogen) atoms. The number of carbonyl (C=O) groups is 2. The van der Waals surface area contributed by atoms with Crippen molar-refractivity contribution in [2.24, 2.45) is 0 Å². The Balaban J connectivity index is 2.17. The summed E-state index contributed by atoms with van der Waals surface area (Å²) in [5, 5.41) is 1.47. The van der Waals surface area contributed by atoms with E-state index in [0.717, 1.165) is 0 Å². The zero-order valence-corrected chi connectivity index (χ0v) is 13.6. The van der Waals surface area contributed by atoms with E-state index in [-0.39, 0.29) is 25.2 Å². The highest BCUT2D eigenvalue weighted by molar-refractivity contribution is 5.81. The molecule has 0 unspecified atom stereocenters. The van der Waals surface area contributed by atoms with Gasteiger partial charge in [0.15, 0.2) is 5.79 Å². The molecular formula is C14H23NO7. The van der Waals surface area contributed by atoms with Crippen LogP contribution in [0.3, 0.4) is 0 Å². The van der Waals surface area contributed by atoms with Gasteiger partial charge in [-0.05, 0) is 20.8 Å². The number of ether oxygens (including phenoxy) is 4. The molecule has 0 spiro atoms. The van der Waals surface area contributed by atoms with Crippen LogP contribution in [0.25, 0.3) is 0 Å².